The molecule has 2 aromatic carbocycles. The molecule has 0 spiro atoms. The minimum absolute atomic E-state index is 0.105. The van der Waals surface area contributed by atoms with Crippen LogP contribution < -0.4 is 5.32 Å². The Labute approximate surface area is 125 Å². The molecule has 18 heavy (non-hydrogen) atoms. The van der Waals surface area contributed by atoms with Gasteiger partial charge in [-0.3, -0.25) is 0 Å². The molecular formula is C14H12BrCl2N. The lowest BCUT2D eigenvalue weighted by Gasteiger charge is -2.18. The maximum Gasteiger partial charge on any atom is 0.0500 e. The number of anilines is 1. The molecule has 1 N–H and O–H groups in total. The van der Waals surface area contributed by atoms with Crippen LogP contribution in [0.3, 0.4) is 0 Å². The highest BCUT2D eigenvalue weighted by Gasteiger charge is 2.11. The van der Waals surface area contributed by atoms with Crippen molar-refractivity contribution in [2.45, 2.75) is 13.0 Å². The van der Waals surface area contributed by atoms with E-state index in [9.17, 15) is 0 Å². The Morgan fingerprint density at radius 1 is 1.11 bits per heavy atom. The summed E-state index contributed by atoms with van der Waals surface area (Å²) in [5, 5.41) is 4.74. The van der Waals surface area contributed by atoms with Gasteiger partial charge in [-0.05, 0) is 52.7 Å². The number of para-hydroxylation sites is 1. The van der Waals surface area contributed by atoms with Gasteiger partial charge in [0.2, 0.25) is 0 Å². The van der Waals surface area contributed by atoms with Crippen LogP contribution in [0.2, 0.25) is 10.0 Å². The summed E-state index contributed by atoms with van der Waals surface area (Å²) in [4.78, 5) is 0. The number of benzene rings is 2. The van der Waals surface area contributed by atoms with E-state index >= 15 is 0 Å². The van der Waals surface area contributed by atoms with Gasteiger partial charge in [0.1, 0.15) is 0 Å². The molecule has 0 amide bonds. The predicted molar refractivity (Wildman–Crippen MR) is 82.6 cm³/mol. The van der Waals surface area contributed by atoms with Gasteiger partial charge in [0.05, 0.1) is 6.04 Å². The van der Waals surface area contributed by atoms with Crippen LogP contribution >= 0.6 is 39.1 Å². The average Bonchev–Trinajstić information content (AvgIpc) is 2.32. The second-order valence-corrected chi connectivity index (χ2v) is 5.71. The van der Waals surface area contributed by atoms with Crippen molar-refractivity contribution in [1.29, 1.82) is 0 Å². The maximum absolute atomic E-state index is 6.19. The van der Waals surface area contributed by atoms with Crippen molar-refractivity contribution in [3.8, 4) is 0 Å². The molecule has 0 bridgehead atoms. The first-order chi connectivity index (χ1) is 8.58. The summed E-state index contributed by atoms with van der Waals surface area (Å²) in [6.07, 6.45) is 0. The Morgan fingerprint density at radius 3 is 2.50 bits per heavy atom. The molecule has 0 aromatic heterocycles. The van der Waals surface area contributed by atoms with Gasteiger partial charge in [-0.2, -0.15) is 0 Å². The zero-order chi connectivity index (χ0) is 13.1. The van der Waals surface area contributed by atoms with Crippen LogP contribution in [0, 0.1) is 0 Å². The summed E-state index contributed by atoms with van der Waals surface area (Å²) in [5.74, 6) is 0. The quantitative estimate of drug-likeness (QED) is 0.727. The fourth-order valence-corrected chi connectivity index (χ4v) is 2.71. The highest BCUT2D eigenvalue weighted by Crippen LogP contribution is 2.30. The molecule has 1 unspecified atom stereocenters. The topological polar surface area (TPSA) is 12.0 Å². The van der Waals surface area contributed by atoms with Crippen molar-refractivity contribution in [2.75, 3.05) is 5.32 Å². The minimum Gasteiger partial charge on any atom is -0.378 e. The molecule has 0 aliphatic rings. The summed E-state index contributed by atoms with van der Waals surface area (Å²) < 4.78 is 1.03. The number of hydrogen-bond donors (Lipinski definition) is 1. The van der Waals surface area contributed by atoms with Gasteiger partial charge in [-0.15, -0.1) is 0 Å². The number of nitrogens with one attached hydrogen (secondary N) is 1. The summed E-state index contributed by atoms with van der Waals surface area (Å²) in [6, 6.07) is 13.6. The second kappa shape index (κ2) is 5.96. The molecule has 0 saturated carbocycles. The van der Waals surface area contributed by atoms with Crippen LogP contribution in [-0.4, -0.2) is 0 Å². The van der Waals surface area contributed by atoms with Crippen molar-refractivity contribution in [2.24, 2.45) is 0 Å². The molecule has 0 aliphatic heterocycles. The smallest absolute Gasteiger partial charge is 0.0500 e. The Hall–Kier alpha value is -0.700. The van der Waals surface area contributed by atoms with E-state index in [2.05, 4.69) is 28.2 Å². The lowest BCUT2D eigenvalue weighted by Crippen LogP contribution is -2.07. The van der Waals surface area contributed by atoms with Gasteiger partial charge in [-0.1, -0.05) is 41.4 Å². The third-order valence-corrected chi connectivity index (χ3v) is 3.93. The van der Waals surface area contributed by atoms with E-state index in [0.29, 0.717) is 10.0 Å². The van der Waals surface area contributed by atoms with E-state index < -0.39 is 0 Å². The van der Waals surface area contributed by atoms with Crippen molar-refractivity contribution < 1.29 is 0 Å². The van der Waals surface area contributed by atoms with Gasteiger partial charge in [0.15, 0.2) is 0 Å². The van der Waals surface area contributed by atoms with Gasteiger partial charge >= 0.3 is 0 Å². The molecule has 0 aliphatic carbocycles. The highest BCUT2D eigenvalue weighted by atomic mass is 79.9. The molecule has 1 atom stereocenters. The van der Waals surface area contributed by atoms with Crippen molar-refractivity contribution in [3.05, 3.63) is 62.5 Å². The normalized spacial score (nSPS) is 12.2. The molecule has 4 heteroatoms. The summed E-state index contributed by atoms with van der Waals surface area (Å²) in [6.45, 7) is 2.06. The zero-order valence-electron chi connectivity index (χ0n) is 9.75. The maximum atomic E-state index is 6.19. The monoisotopic (exact) mass is 343 g/mol. The van der Waals surface area contributed by atoms with Crippen molar-refractivity contribution >= 4 is 44.8 Å². The van der Waals surface area contributed by atoms with Gasteiger partial charge < -0.3 is 5.32 Å². The molecule has 1 nitrogen and oxygen atoms in total. The van der Waals surface area contributed by atoms with Crippen LogP contribution in [-0.2, 0) is 0 Å². The van der Waals surface area contributed by atoms with Crippen LogP contribution in [0.15, 0.2) is 46.9 Å². The second-order valence-electron chi connectivity index (χ2n) is 4.01. The average molecular weight is 345 g/mol. The molecule has 0 heterocycles. The Balaban J connectivity index is 2.22. The number of hydrogen-bond acceptors (Lipinski definition) is 1. The van der Waals surface area contributed by atoms with E-state index in [4.69, 9.17) is 23.2 Å². The van der Waals surface area contributed by atoms with Crippen molar-refractivity contribution in [1.82, 2.24) is 0 Å². The van der Waals surface area contributed by atoms with E-state index in [0.717, 1.165) is 15.7 Å². The Bertz CT molecular complexity index is 557. The summed E-state index contributed by atoms with van der Waals surface area (Å²) in [7, 11) is 0. The Morgan fingerprint density at radius 2 is 1.83 bits per heavy atom. The van der Waals surface area contributed by atoms with E-state index in [1.165, 1.54) is 0 Å². The van der Waals surface area contributed by atoms with Gasteiger partial charge in [0.25, 0.3) is 0 Å². The highest BCUT2D eigenvalue weighted by molar-refractivity contribution is 9.10. The lowest BCUT2D eigenvalue weighted by molar-refractivity contribution is 0.884. The first-order valence-corrected chi connectivity index (χ1v) is 7.09. The fourth-order valence-electron chi connectivity index (χ4n) is 1.74. The molecular weight excluding hydrogens is 333 g/mol. The van der Waals surface area contributed by atoms with E-state index in [1.807, 2.05) is 36.4 Å². The lowest BCUT2D eigenvalue weighted by atomic mass is 10.1. The molecule has 2 rings (SSSR count). The molecule has 0 fully saturated rings. The van der Waals surface area contributed by atoms with E-state index in [1.54, 1.807) is 6.07 Å². The minimum atomic E-state index is 0.105. The Kier molecular flexibility index (Phi) is 4.55. The summed E-state index contributed by atoms with van der Waals surface area (Å²) in [5.41, 5.74) is 2.06. The molecule has 94 valence electrons. The predicted octanol–water partition coefficient (Wildman–Crippen LogP) is 5.93. The van der Waals surface area contributed by atoms with Crippen molar-refractivity contribution in [3.63, 3.8) is 0 Å². The molecule has 0 radical (unpaired) electrons. The van der Waals surface area contributed by atoms with Gasteiger partial charge in [-0.25, -0.2) is 0 Å². The molecule has 2 aromatic rings. The first kappa shape index (κ1) is 13.7. The van der Waals surface area contributed by atoms with Gasteiger partial charge in [0, 0.05) is 20.2 Å². The number of rotatable bonds is 3. The van der Waals surface area contributed by atoms with Crippen LogP contribution in [0.4, 0.5) is 5.69 Å². The van der Waals surface area contributed by atoms with E-state index in [-0.39, 0.29) is 6.04 Å². The SMILES string of the molecule is CC(Nc1ccccc1Br)c1ccc(Cl)cc1Cl. The van der Waals surface area contributed by atoms with Crippen LogP contribution in [0.25, 0.3) is 0 Å². The van der Waals surface area contributed by atoms with Crippen LogP contribution in [0.1, 0.15) is 18.5 Å². The molecule has 0 saturated heterocycles. The zero-order valence-corrected chi connectivity index (χ0v) is 12.9. The fraction of sp³-hybridized carbons (Fsp3) is 0.143. The largest absolute Gasteiger partial charge is 0.378 e. The van der Waals surface area contributed by atoms with Crippen LogP contribution in [0.5, 0.6) is 0 Å². The summed E-state index contributed by atoms with van der Waals surface area (Å²) >= 11 is 15.6. The third-order valence-electron chi connectivity index (χ3n) is 2.67. The third kappa shape index (κ3) is 3.19. The number of halogens is 3. The standard InChI is InChI=1S/C14H12BrCl2N/c1-9(11-7-6-10(16)8-13(11)17)18-14-5-3-2-4-12(14)15/h2-9,18H,1H3. The first-order valence-electron chi connectivity index (χ1n) is 5.54.